The highest BCUT2D eigenvalue weighted by Gasteiger charge is 2.14. The van der Waals surface area contributed by atoms with Crippen LogP contribution in [0.3, 0.4) is 0 Å². The molecule has 0 bridgehead atoms. The third kappa shape index (κ3) is 3.52. The fourth-order valence-corrected chi connectivity index (χ4v) is 1.64. The quantitative estimate of drug-likeness (QED) is 0.806. The zero-order valence-corrected chi connectivity index (χ0v) is 10.9. The van der Waals surface area contributed by atoms with Crippen molar-refractivity contribution in [2.75, 3.05) is 19.0 Å². The first kappa shape index (κ1) is 13.0. The van der Waals surface area contributed by atoms with E-state index in [4.69, 9.17) is 4.74 Å². The topological polar surface area (TPSA) is 39.1 Å². The normalized spacial score (nSPS) is 13.1. The van der Waals surface area contributed by atoms with Gasteiger partial charge in [0.1, 0.15) is 5.82 Å². The number of rotatable bonds is 6. The molecule has 0 aromatic carbocycles. The number of methoxy groups -OCH3 is 1. The number of nitrogens with zero attached hydrogens (tertiary/aromatic N) is 2. The molecule has 0 aliphatic heterocycles. The summed E-state index contributed by atoms with van der Waals surface area (Å²) in [5.74, 6) is 1.52. The summed E-state index contributed by atoms with van der Waals surface area (Å²) in [4.78, 5) is 0. The monoisotopic (exact) mass is 225 g/mol. The van der Waals surface area contributed by atoms with E-state index in [0.29, 0.717) is 12.0 Å². The Bertz CT molecular complexity index is 301. The van der Waals surface area contributed by atoms with Crippen LogP contribution in [0.5, 0.6) is 0 Å². The van der Waals surface area contributed by atoms with Crippen LogP contribution in [0, 0.1) is 12.8 Å². The Morgan fingerprint density at radius 2 is 2.19 bits per heavy atom. The summed E-state index contributed by atoms with van der Waals surface area (Å²) >= 11 is 0. The molecule has 0 saturated carbocycles. The van der Waals surface area contributed by atoms with E-state index < -0.39 is 0 Å². The fourth-order valence-electron chi connectivity index (χ4n) is 1.64. The zero-order chi connectivity index (χ0) is 12.1. The van der Waals surface area contributed by atoms with E-state index in [2.05, 4.69) is 37.3 Å². The number of nitrogens with one attached hydrogen (secondary N) is 1. The molecule has 0 aliphatic carbocycles. The van der Waals surface area contributed by atoms with E-state index in [0.717, 1.165) is 24.5 Å². The lowest BCUT2D eigenvalue weighted by molar-refractivity contribution is 0.184. The first-order valence-electron chi connectivity index (χ1n) is 5.80. The van der Waals surface area contributed by atoms with Gasteiger partial charge in [-0.2, -0.15) is 5.10 Å². The van der Waals surface area contributed by atoms with Gasteiger partial charge in [0.05, 0.1) is 0 Å². The second kappa shape index (κ2) is 5.89. The van der Waals surface area contributed by atoms with Crippen LogP contribution in [0.1, 0.15) is 26.0 Å². The molecule has 0 amide bonds. The minimum Gasteiger partial charge on any atom is -0.385 e. The van der Waals surface area contributed by atoms with Crippen LogP contribution in [-0.2, 0) is 11.8 Å². The van der Waals surface area contributed by atoms with Gasteiger partial charge in [-0.15, -0.1) is 0 Å². The van der Waals surface area contributed by atoms with E-state index in [-0.39, 0.29) is 0 Å². The van der Waals surface area contributed by atoms with E-state index >= 15 is 0 Å². The van der Waals surface area contributed by atoms with Crippen LogP contribution >= 0.6 is 0 Å². The molecule has 1 rings (SSSR count). The molecule has 1 aromatic heterocycles. The number of hydrogen-bond donors (Lipinski definition) is 1. The highest BCUT2D eigenvalue weighted by Crippen LogP contribution is 2.14. The standard InChI is InChI=1S/C12H23N3O/c1-9(2)11(6-7-16-5)13-12-8-10(3)15(4)14-12/h8-9,11H,6-7H2,1-5H3,(H,13,14). The summed E-state index contributed by atoms with van der Waals surface area (Å²) in [5, 5.41) is 7.87. The molecule has 1 atom stereocenters. The van der Waals surface area contributed by atoms with Crippen molar-refractivity contribution in [2.24, 2.45) is 13.0 Å². The molecule has 1 aromatic rings. The van der Waals surface area contributed by atoms with Crippen LogP contribution in [0.2, 0.25) is 0 Å². The van der Waals surface area contributed by atoms with Gasteiger partial charge in [0.15, 0.2) is 0 Å². The smallest absolute Gasteiger partial charge is 0.148 e. The van der Waals surface area contributed by atoms with Crippen LogP contribution in [0.15, 0.2) is 6.07 Å². The number of aromatic nitrogens is 2. The van der Waals surface area contributed by atoms with Gasteiger partial charge in [-0.1, -0.05) is 13.8 Å². The first-order chi connectivity index (χ1) is 7.54. The molecular weight excluding hydrogens is 202 g/mol. The van der Waals surface area contributed by atoms with Crippen molar-refractivity contribution in [3.05, 3.63) is 11.8 Å². The van der Waals surface area contributed by atoms with Gasteiger partial charge in [0.25, 0.3) is 0 Å². The maximum absolute atomic E-state index is 5.12. The predicted molar refractivity (Wildman–Crippen MR) is 66.7 cm³/mol. The molecule has 16 heavy (non-hydrogen) atoms. The van der Waals surface area contributed by atoms with Crippen LogP contribution in [0.25, 0.3) is 0 Å². The number of ether oxygens (including phenoxy) is 1. The Morgan fingerprint density at radius 1 is 1.50 bits per heavy atom. The maximum Gasteiger partial charge on any atom is 0.148 e. The van der Waals surface area contributed by atoms with Crippen LogP contribution in [-0.4, -0.2) is 29.5 Å². The Morgan fingerprint density at radius 3 is 2.62 bits per heavy atom. The van der Waals surface area contributed by atoms with Gasteiger partial charge in [0.2, 0.25) is 0 Å². The van der Waals surface area contributed by atoms with Crippen LogP contribution < -0.4 is 5.32 Å². The molecule has 1 heterocycles. The lowest BCUT2D eigenvalue weighted by atomic mass is 10.0. The van der Waals surface area contributed by atoms with Crippen molar-refractivity contribution in [3.63, 3.8) is 0 Å². The van der Waals surface area contributed by atoms with Crippen molar-refractivity contribution in [3.8, 4) is 0 Å². The molecule has 0 radical (unpaired) electrons. The summed E-state index contributed by atoms with van der Waals surface area (Å²) in [6.07, 6.45) is 1.00. The van der Waals surface area contributed by atoms with E-state index in [1.54, 1.807) is 7.11 Å². The third-order valence-corrected chi connectivity index (χ3v) is 2.88. The van der Waals surface area contributed by atoms with Gasteiger partial charge in [-0.25, -0.2) is 0 Å². The molecule has 0 fully saturated rings. The number of anilines is 1. The van der Waals surface area contributed by atoms with Crippen molar-refractivity contribution in [1.29, 1.82) is 0 Å². The summed E-state index contributed by atoms with van der Waals surface area (Å²) in [5.41, 5.74) is 1.16. The lowest BCUT2D eigenvalue weighted by Gasteiger charge is -2.21. The summed E-state index contributed by atoms with van der Waals surface area (Å²) in [6, 6.07) is 2.48. The molecule has 4 heteroatoms. The SMILES string of the molecule is COCCC(Nc1cc(C)n(C)n1)C(C)C. The van der Waals surface area contributed by atoms with Crippen molar-refractivity contribution in [1.82, 2.24) is 9.78 Å². The maximum atomic E-state index is 5.12. The number of aryl methyl sites for hydroxylation is 2. The largest absolute Gasteiger partial charge is 0.385 e. The molecular formula is C12H23N3O. The summed E-state index contributed by atoms with van der Waals surface area (Å²) in [6.45, 7) is 7.26. The molecule has 4 nitrogen and oxygen atoms in total. The third-order valence-electron chi connectivity index (χ3n) is 2.88. The molecule has 0 spiro atoms. The van der Waals surface area contributed by atoms with Crippen molar-refractivity contribution >= 4 is 5.82 Å². The molecule has 0 aliphatic rings. The second-order valence-corrected chi connectivity index (χ2v) is 4.57. The van der Waals surface area contributed by atoms with Gasteiger partial charge in [-0.05, 0) is 19.3 Å². The highest BCUT2D eigenvalue weighted by molar-refractivity contribution is 5.36. The van der Waals surface area contributed by atoms with Crippen LogP contribution in [0.4, 0.5) is 5.82 Å². The number of hydrogen-bond acceptors (Lipinski definition) is 3. The first-order valence-corrected chi connectivity index (χ1v) is 5.80. The Balaban J connectivity index is 2.60. The highest BCUT2D eigenvalue weighted by atomic mass is 16.5. The van der Waals surface area contributed by atoms with Gasteiger partial charge in [0, 0.05) is 38.6 Å². The second-order valence-electron chi connectivity index (χ2n) is 4.57. The molecule has 1 unspecified atom stereocenters. The molecule has 0 saturated heterocycles. The summed E-state index contributed by atoms with van der Waals surface area (Å²) in [7, 11) is 3.70. The average molecular weight is 225 g/mol. The predicted octanol–water partition coefficient (Wildman–Crippen LogP) is 2.20. The van der Waals surface area contributed by atoms with Gasteiger partial charge < -0.3 is 10.1 Å². The van der Waals surface area contributed by atoms with Crippen molar-refractivity contribution < 1.29 is 4.74 Å². The Kier molecular flexibility index (Phi) is 4.80. The molecule has 92 valence electrons. The minimum atomic E-state index is 0.411. The van der Waals surface area contributed by atoms with E-state index in [1.807, 2.05) is 11.7 Å². The minimum absolute atomic E-state index is 0.411. The Labute approximate surface area is 98.0 Å². The Hall–Kier alpha value is -1.03. The van der Waals surface area contributed by atoms with E-state index in [1.165, 1.54) is 0 Å². The van der Waals surface area contributed by atoms with Crippen molar-refractivity contribution in [2.45, 2.75) is 33.2 Å². The van der Waals surface area contributed by atoms with Gasteiger partial charge in [-0.3, -0.25) is 4.68 Å². The molecule has 1 N–H and O–H groups in total. The zero-order valence-electron chi connectivity index (χ0n) is 10.9. The summed E-state index contributed by atoms with van der Waals surface area (Å²) < 4.78 is 7.01. The average Bonchev–Trinajstić information content (AvgIpc) is 2.52. The van der Waals surface area contributed by atoms with E-state index in [9.17, 15) is 0 Å². The van der Waals surface area contributed by atoms with Gasteiger partial charge >= 0.3 is 0 Å². The lowest BCUT2D eigenvalue weighted by Crippen LogP contribution is -2.27. The fraction of sp³-hybridized carbons (Fsp3) is 0.750.